The Bertz CT molecular complexity index is 1270. The first-order chi connectivity index (χ1) is 15.6. The molecule has 168 valence electrons. The lowest BCUT2D eigenvalue weighted by Gasteiger charge is -2.29. The van der Waals surface area contributed by atoms with E-state index in [1.165, 1.54) is 35.2 Å². The number of carbonyl (C=O) groups excluding carboxylic acids is 2. The highest BCUT2D eigenvalue weighted by Crippen LogP contribution is 2.26. The molecule has 0 spiro atoms. The van der Waals surface area contributed by atoms with Crippen LogP contribution in [0.15, 0.2) is 72.4 Å². The molecule has 0 unspecified atom stereocenters. The number of nitrogens with one attached hydrogen (secondary N) is 1. The number of aromatic nitrogens is 1. The van der Waals surface area contributed by atoms with E-state index in [2.05, 4.69) is 10.1 Å². The Labute approximate surface area is 195 Å². The van der Waals surface area contributed by atoms with Gasteiger partial charge in [0.15, 0.2) is 5.11 Å². The molecule has 2 aromatic carbocycles. The van der Waals surface area contributed by atoms with Crippen LogP contribution in [-0.4, -0.2) is 27.9 Å². The molecule has 3 aromatic rings. The summed E-state index contributed by atoms with van der Waals surface area (Å²) in [6.45, 7) is 0. The van der Waals surface area contributed by atoms with Crippen molar-refractivity contribution in [2.45, 2.75) is 6.36 Å². The lowest BCUT2D eigenvalue weighted by molar-refractivity contribution is -0.274. The Morgan fingerprint density at radius 2 is 1.61 bits per heavy atom. The number of rotatable bonds is 4. The van der Waals surface area contributed by atoms with Crippen LogP contribution in [0.1, 0.15) is 5.69 Å². The molecule has 0 aliphatic carbocycles. The topological polar surface area (TPSA) is 63.6 Å². The predicted octanol–water partition coefficient (Wildman–Crippen LogP) is 4.86. The van der Waals surface area contributed by atoms with Crippen LogP contribution in [-0.2, 0) is 9.59 Å². The van der Waals surface area contributed by atoms with E-state index in [0.29, 0.717) is 22.1 Å². The van der Waals surface area contributed by atoms with Crippen LogP contribution < -0.4 is 15.0 Å². The van der Waals surface area contributed by atoms with Gasteiger partial charge in [-0.2, -0.15) is 0 Å². The Balaban J connectivity index is 1.66. The molecule has 0 bridgehead atoms. The number of amides is 2. The number of thiocarbonyl (C=S) groups is 1. The molecule has 33 heavy (non-hydrogen) atoms. The summed E-state index contributed by atoms with van der Waals surface area (Å²) < 4.78 is 42.7. The second kappa shape index (κ2) is 8.72. The summed E-state index contributed by atoms with van der Waals surface area (Å²) in [6.07, 6.45) is -1.78. The van der Waals surface area contributed by atoms with Crippen molar-refractivity contribution in [3.05, 3.63) is 83.2 Å². The average Bonchev–Trinajstić information content (AvgIpc) is 3.20. The molecule has 11 heteroatoms. The lowest BCUT2D eigenvalue weighted by atomic mass is 10.1. The Morgan fingerprint density at radius 3 is 2.24 bits per heavy atom. The van der Waals surface area contributed by atoms with Crippen molar-refractivity contribution in [2.75, 3.05) is 4.90 Å². The number of anilines is 1. The standard InChI is InChI=1S/C22H13ClF3N3O3S/c23-13-3-5-15(6-4-13)29-20(31)18(19(30)27-21(29)33)12-16-2-1-11-28(16)14-7-9-17(10-8-14)32-22(24,25)26/h1-12H,(H,27,30,33). The normalized spacial score (nSPS) is 15.7. The molecule has 1 N–H and O–H groups in total. The predicted molar refractivity (Wildman–Crippen MR) is 120 cm³/mol. The molecule has 1 fully saturated rings. The minimum Gasteiger partial charge on any atom is -0.406 e. The van der Waals surface area contributed by atoms with Crippen LogP contribution in [0.3, 0.4) is 0 Å². The van der Waals surface area contributed by atoms with Crippen molar-refractivity contribution >= 4 is 52.5 Å². The van der Waals surface area contributed by atoms with Crippen LogP contribution in [0.25, 0.3) is 11.8 Å². The molecule has 0 saturated carbocycles. The van der Waals surface area contributed by atoms with Crippen LogP contribution >= 0.6 is 23.8 Å². The van der Waals surface area contributed by atoms with Gasteiger partial charge in [-0.25, -0.2) is 0 Å². The van der Waals surface area contributed by atoms with Gasteiger partial charge in [0, 0.05) is 22.6 Å². The number of nitrogens with zero attached hydrogens (tertiary/aromatic N) is 2. The zero-order valence-corrected chi connectivity index (χ0v) is 18.0. The first kappa shape index (κ1) is 22.6. The zero-order valence-electron chi connectivity index (χ0n) is 16.5. The second-order valence-corrected chi connectivity index (χ2v) is 7.60. The van der Waals surface area contributed by atoms with Crippen molar-refractivity contribution in [1.82, 2.24) is 9.88 Å². The quantitative estimate of drug-likeness (QED) is 0.321. The van der Waals surface area contributed by atoms with Gasteiger partial charge in [-0.15, -0.1) is 13.2 Å². The Morgan fingerprint density at radius 1 is 0.970 bits per heavy atom. The largest absolute Gasteiger partial charge is 0.573 e. The van der Waals surface area contributed by atoms with E-state index >= 15 is 0 Å². The van der Waals surface area contributed by atoms with Crippen molar-refractivity contribution in [1.29, 1.82) is 0 Å². The number of alkyl halides is 3. The minimum absolute atomic E-state index is 0.0693. The SMILES string of the molecule is O=C1NC(=S)N(c2ccc(Cl)cc2)C(=O)C1=Cc1cccn1-c1ccc(OC(F)(F)F)cc1. The summed E-state index contributed by atoms with van der Waals surface area (Å²) in [6, 6.07) is 14.8. The molecule has 2 amide bonds. The van der Waals surface area contributed by atoms with Gasteiger partial charge < -0.3 is 9.30 Å². The number of halogens is 4. The van der Waals surface area contributed by atoms with E-state index in [1.807, 2.05) is 0 Å². The van der Waals surface area contributed by atoms with Gasteiger partial charge >= 0.3 is 6.36 Å². The highest BCUT2D eigenvalue weighted by Gasteiger charge is 2.35. The monoisotopic (exact) mass is 491 g/mol. The molecule has 1 saturated heterocycles. The van der Waals surface area contributed by atoms with Gasteiger partial charge in [-0.3, -0.25) is 19.8 Å². The fourth-order valence-electron chi connectivity index (χ4n) is 3.19. The van der Waals surface area contributed by atoms with Crippen LogP contribution in [0.5, 0.6) is 5.75 Å². The summed E-state index contributed by atoms with van der Waals surface area (Å²) >= 11 is 11.1. The van der Waals surface area contributed by atoms with Gasteiger partial charge in [0.2, 0.25) is 0 Å². The molecule has 0 atom stereocenters. The summed E-state index contributed by atoms with van der Waals surface area (Å²) in [5, 5.41) is 2.89. The molecule has 4 rings (SSSR count). The van der Waals surface area contributed by atoms with Crippen molar-refractivity contribution in [3.63, 3.8) is 0 Å². The maximum atomic E-state index is 13.1. The van der Waals surface area contributed by atoms with Crippen molar-refractivity contribution in [2.24, 2.45) is 0 Å². The van der Waals surface area contributed by atoms with E-state index in [4.69, 9.17) is 23.8 Å². The number of benzene rings is 2. The molecule has 6 nitrogen and oxygen atoms in total. The third-order valence-corrected chi connectivity index (χ3v) is 5.14. The van der Waals surface area contributed by atoms with Gasteiger partial charge in [0.05, 0.1) is 5.69 Å². The van der Waals surface area contributed by atoms with E-state index in [1.54, 1.807) is 47.2 Å². The number of carbonyl (C=O) groups is 2. The first-order valence-electron chi connectivity index (χ1n) is 9.33. The highest BCUT2D eigenvalue weighted by atomic mass is 35.5. The van der Waals surface area contributed by atoms with E-state index in [9.17, 15) is 22.8 Å². The number of hydrogen-bond acceptors (Lipinski definition) is 4. The number of hydrogen-bond donors (Lipinski definition) is 1. The van der Waals surface area contributed by atoms with Gasteiger partial charge in [0.25, 0.3) is 11.8 Å². The van der Waals surface area contributed by atoms with Gasteiger partial charge in [0.1, 0.15) is 11.3 Å². The maximum absolute atomic E-state index is 13.1. The lowest BCUT2D eigenvalue weighted by Crippen LogP contribution is -2.54. The third-order valence-electron chi connectivity index (χ3n) is 4.61. The van der Waals surface area contributed by atoms with Crippen molar-refractivity contribution < 1.29 is 27.5 Å². The highest BCUT2D eigenvalue weighted by molar-refractivity contribution is 7.80. The van der Waals surface area contributed by atoms with Crippen LogP contribution in [0.4, 0.5) is 18.9 Å². The Hall–Kier alpha value is -3.63. The third kappa shape index (κ3) is 4.91. The molecule has 1 aromatic heterocycles. The zero-order chi connectivity index (χ0) is 23.8. The van der Waals surface area contributed by atoms with Crippen LogP contribution in [0.2, 0.25) is 5.02 Å². The molecular formula is C22H13ClF3N3O3S. The molecule has 2 heterocycles. The molecular weight excluding hydrogens is 479 g/mol. The molecule has 1 aliphatic rings. The molecule has 1 aliphatic heterocycles. The fourth-order valence-corrected chi connectivity index (χ4v) is 3.59. The summed E-state index contributed by atoms with van der Waals surface area (Å²) in [4.78, 5) is 26.8. The Kier molecular flexibility index (Phi) is 5.96. The van der Waals surface area contributed by atoms with Gasteiger partial charge in [-0.05, 0) is 79.0 Å². The summed E-state index contributed by atoms with van der Waals surface area (Å²) in [7, 11) is 0. The minimum atomic E-state index is -4.80. The van der Waals surface area contributed by atoms with E-state index in [0.717, 1.165) is 0 Å². The fraction of sp³-hybridized carbons (Fsp3) is 0.0455. The molecule has 0 radical (unpaired) electrons. The second-order valence-electron chi connectivity index (χ2n) is 6.78. The van der Waals surface area contributed by atoms with Gasteiger partial charge in [-0.1, -0.05) is 11.6 Å². The average molecular weight is 492 g/mol. The summed E-state index contributed by atoms with van der Waals surface area (Å²) in [5.41, 5.74) is 1.20. The van der Waals surface area contributed by atoms with E-state index < -0.39 is 18.2 Å². The summed E-state index contributed by atoms with van der Waals surface area (Å²) in [5.74, 6) is -1.67. The van der Waals surface area contributed by atoms with Crippen LogP contribution in [0, 0.1) is 0 Å². The van der Waals surface area contributed by atoms with Crippen molar-refractivity contribution in [3.8, 4) is 11.4 Å². The number of ether oxygens (including phenoxy) is 1. The smallest absolute Gasteiger partial charge is 0.406 e. The maximum Gasteiger partial charge on any atom is 0.573 e. The van der Waals surface area contributed by atoms with E-state index in [-0.39, 0.29) is 16.4 Å². The first-order valence-corrected chi connectivity index (χ1v) is 10.1.